The number of nitrogens with two attached hydrogens (primary N) is 1. The number of pyridine rings is 1. The number of ether oxygens (including phenoxy) is 1. The maximum absolute atomic E-state index is 5.68. The van der Waals surface area contributed by atoms with E-state index in [0.29, 0.717) is 10.7 Å². The second-order valence-electron chi connectivity index (χ2n) is 3.08. The van der Waals surface area contributed by atoms with E-state index in [-0.39, 0.29) is 0 Å². The zero-order valence-electron chi connectivity index (χ0n) is 8.23. The number of methoxy groups -OCH3 is 1. The quantitative estimate of drug-likeness (QED) is 0.782. The molecule has 0 aliphatic rings. The van der Waals surface area contributed by atoms with E-state index in [0.717, 1.165) is 16.5 Å². The van der Waals surface area contributed by atoms with Crippen molar-refractivity contribution in [1.29, 1.82) is 0 Å². The molecule has 0 spiro atoms. The second-order valence-corrected chi connectivity index (χ2v) is 3.52. The monoisotopic (exact) mass is 218 g/mol. The third-order valence-electron chi connectivity index (χ3n) is 2.21. The first-order valence-corrected chi connectivity index (χ1v) is 4.86. The fourth-order valence-corrected chi connectivity index (χ4v) is 1.77. The summed E-state index contributed by atoms with van der Waals surface area (Å²) in [5.41, 5.74) is 7.29. The van der Waals surface area contributed by atoms with Gasteiger partial charge in [0.2, 0.25) is 0 Å². The average molecular weight is 218 g/mol. The van der Waals surface area contributed by atoms with Crippen LogP contribution in [0.2, 0.25) is 0 Å². The predicted molar refractivity (Wildman–Crippen MR) is 64.2 cm³/mol. The van der Waals surface area contributed by atoms with Crippen LogP contribution in [-0.4, -0.2) is 17.1 Å². The topological polar surface area (TPSA) is 48.1 Å². The summed E-state index contributed by atoms with van der Waals surface area (Å²) in [5.74, 6) is 0.683. The largest absolute Gasteiger partial charge is 0.496 e. The summed E-state index contributed by atoms with van der Waals surface area (Å²) in [6.07, 6.45) is 1.73. The van der Waals surface area contributed by atoms with Crippen LogP contribution in [-0.2, 0) is 0 Å². The molecule has 15 heavy (non-hydrogen) atoms. The van der Waals surface area contributed by atoms with Gasteiger partial charge >= 0.3 is 0 Å². The molecule has 0 radical (unpaired) electrons. The van der Waals surface area contributed by atoms with E-state index in [1.54, 1.807) is 13.3 Å². The Bertz CT molecular complexity index is 525. The van der Waals surface area contributed by atoms with Crippen LogP contribution in [0.25, 0.3) is 10.9 Å². The number of hydrogen-bond donors (Lipinski definition) is 1. The molecule has 1 aromatic carbocycles. The van der Waals surface area contributed by atoms with Gasteiger partial charge < -0.3 is 10.5 Å². The van der Waals surface area contributed by atoms with Gasteiger partial charge in [-0.3, -0.25) is 4.98 Å². The van der Waals surface area contributed by atoms with Crippen LogP contribution in [0.5, 0.6) is 5.75 Å². The van der Waals surface area contributed by atoms with Gasteiger partial charge in [0.15, 0.2) is 0 Å². The highest BCUT2D eigenvalue weighted by molar-refractivity contribution is 7.80. The van der Waals surface area contributed by atoms with E-state index in [1.807, 2.05) is 24.3 Å². The summed E-state index contributed by atoms with van der Waals surface area (Å²) in [6.45, 7) is 0. The minimum Gasteiger partial charge on any atom is -0.496 e. The van der Waals surface area contributed by atoms with Crippen LogP contribution in [0.15, 0.2) is 30.5 Å². The molecule has 0 unspecified atom stereocenters. The molecule has 2 rings (SSSR count). The van der Waals surface area contributed by atoms with Crippen molar-refractivity contribution in [2.24, 2.45) is 5.73 Å². The minimum absolute atomic E-state index is 0.324. The summed E-state index contributed by atoms with van der Waals surface area (Å²) in [5, 5.41) is 0.921. The van der Waals surface area contributed by atoms with E-state index in [4.69, 9.17) is 22.7 Å². The fraction of sp³-hybridized carbons (Fsp3) is 0.0909. The molecule has 0 saturated heterocycles. The van der Waals surface area contributed by atoms with E-state index in [2.05, 4.69) is 4.98 Å². The van der Waals surface area contributed by atoms with Crippen LogP contribution in [0.3, 0.4) is 0 Å². The van der Waals surface area contributed by atoms with Gasteiger partial charge in [-0.1, -0.05) is 18.3 Å². The SMILES string of the molecule is COc1ccc2ncccc2c1C(N)=S. The molecule has 0 aliphatic heterocycles. The zero-order valence-corrected chi connectivity index (χ0v) is 9.04. The first kappa shape index (κ1) is 9.86. The molecule has 0 atom stereocenters. The van der Waals surface area contributed by atoms with Gasteiger partial charge in [0, 0.05) is 11.6 Å². The van der Waals surface area contributed by atoms with Crippen molar-refractivity contribution in [1.82, 2.24) is 4.98 Å². The maximum atomic E-state index is 5.68. The van der Waals surface area contributed by atoms with Gasteiger partial charge in [-0.15, -0.1) is 0 Å². The van der Waals surface area contributed by atoms with Crippen molar-refractivity contribution in [3.05, 3.63) is 36.0 Å². The van der Waals surface area contributed by atoms with Crippen molar-refractivity contribution >= 4 is 28.1 Å². The van der Waals surface area contributed by atoms with Crippen LogP contribution < -0.4 is 10.5 Å². The van der Waals surface area contributed by atoms with Gasteiger partial charge in [0.1, 0.15) is 10.7 Å². The number of thiocarbonyl (C=S) groups is 1. The van der Waals surface area contributed by atoms with Gasteiger partial charge in [0.25, 0.3) is 0 Å². The lowest BCUT2D eigenvalue weighted by Crippen LogP contribution is -2.11. The zero-order chi connectivity index (χ0) is 10.8. The predicted octanol–water partition coefficient (Wildman–Crippen LogP) is 1.88. The molecule has 3 nitrogen and oxygen atoms in total. The smallest absolute Gasteiger partial charge is 0.129 e. The number of rotatable bonds is 2. The third kappa shape index (κ3) is 1.64. The molecule has 0 aliphatic carbocycles. The van der Waals surface area contributed by atoms with E-state index >= 15 is 0 Å². The first-order valence-electron chi connectivity index (χ1n) is 4.45. The van der Waals surface area contributed by atoms with Gasteiger partial charge in [-0.05, 0) is 18.2 Å². The summed E-state index contributed by atoms with van der Waals surface area (Å²) in [4.78, 5) is 4.55. The molecule has 4 heteroatoms. The fourth-order valence-electron chi connectivity index (χ4n) is 1.56. The molecule has 0 bridgehead atoms. The molecule has 0 fully saturated rings. The number of hydrogen-bond acceptors (Lipinski definition) is 3. The molecule has 2 N–H and O–H groups in total. The Kier molecular flexibility index (Phi) is 2.51. The standard InChI is InChI=1S/C11H10N2OS/c1-14-9-5-4-8-7(3-2-6-13-8)10(9)11(12)15/h2-6H,1H3,(H2,12,15). The summed E-state index contributed by atoms with van der Waals surface area (Å²) >= 11 is 5.01. The van der Waals surface area contributed by atoms with Crippen molar-refractivity contribution in [2.75, 3.05) is 7.11 Å². The molecule has 76 valence electrons. The molecule has 0 saturated carbocycles. The van der Waals surface area contributed by atoms with Crippen LogP contribution in [0.4, 0.5) is 0 Å². The normalized spacial score (nSPS) is 10.2. The maximum Gasteiger partial charge on any atom is 0.129 e. The lowest BCUT2D eigenvalue weighted by atomic mass is 10.1. The highest BCUT2D eigenvalue weighted by atomic mass is 32.1. The number of aromatic nitrogens is 1. The Balaban J connectivity index is 2.85. The van der Waals surface area contributed by atoms with Crippen LogP contribution in [0.1, 0.15) is 5.56 Å². The minimum atomic E-state index is 0.324. The second kappa shape index (κ2) is 3.82. The molecule has 1 heterocycles. The first-order chi connectivity index (χ1) is 7.24. The summed E-state index contributed by atoms with van der Waals surface area (Å²) in [6, 6.07) is 7.49. The Morgan fingerprint density at radius 3 is 2.87 bits per heavy atom. The average Bonchev–Trinajstić information content (AvgIpc) is 2.27. The number of benzene rings is 1. The highest BCUT2D eigenvalue weighted by Crippen LogP contribution is 2.26. The molecular weight excluding hydrogens is 208 g/mol. The molecular formula is C11H10N2OS. The summed E-state index contributed by atoms with van der Waals surface area (Å²) in [7, 11) is 1.60. The van der Waals surface area contributed by atoms with Gasteiger partial charge in [-0.25, -0.2) is 0 Å². The molecule has 1 aromatic heterocycles. The number of fused-ring (bicyclic) bond motifs is 1. The van der Waals surface area contributed by atoms with Crippen LogP contribution >= 0.6 is 12.2 Å². The third-order valence-corrected chi connectivity index (χ3v) is 2.42. The number of nitrogens with zero attached hydrogens (tertiary/aromatic N) is 1. The van der Waals surface area contributed by atoms with E-state index in [9.17, 15) is 0 Å². The Labute approximate surface area is 92.9 Å². The van der Waals surface area contributed by atoms with Crippen molar-refractivity contribution in [2.45, 2.75) is 0 Å². The molecule has 2 aromatic rings. The van der Waals surface area contributed by atoms with Crippen molar-refractivity contribution in [3.63, 3.8) is 0 Å². The van der Waals surface area contributed by atoms with Gasteiger partial charge in [-0.2, -0.15) is 0 Å². The highest BCUT2D eigenvalue weighted by Gasteiger charge is 2.10. The van der Waals surface area contributed by atoms with Crippen molar-refractivity contribution < 1.29 is 4.74 Å². The lowest BCUT2D eigenvalue weighted by molar-refractivity contribution is 0.414. The van der Waals surface area contributed by atoms with Crippen molar-refractivity contribution in [3.8, 4) is 5.75 Å². The van der Waals surface area contributed by atoms with E-state index in [1.165, 1.54) is 0 Å². The molecule has 0 amide bonds. The van der Waals surface area contributed by atoms with Crippen LogP contribution in [0, 0.1) is 0 Å². The lowest BCUT2D eigenvalue weighted by Gasteiger charge is -2.09. The Morgan fingerprint density at radius 1 is 1.40 bits per heavy atom. The van der Waals surface area contributed by atoms with E-state index < -0.39 is 0 Å². The Morgan fingerprint density at radius 2 is 2.20 bits per heavy atom. The Hall–Kier alpha value is -1.68. The van der Waals surface area contributed by atoms with Gasteiger partial charge in [0.05, 0.1) is 18.2 Å². The summed E-state index contributed by atoms with van der Waals surface area (Å²) < 4.78 is 5.22.